The average molecular weight is 840 g/mol. The molecule has 10 rings (SSSR count). The molecule has 14 heteroatoms. The SMILES string of the molecule is CC(C)(C)OC(=O)CCC(CO)NC(=O)C1CCCN1C(=O)C12CC3OC(=O)C1N(Cc1ccccc1C=CC1CCC4OC4C1)OC2C1OC2(Cc4ccccc4C2)OC31. The Morgan fingerprint density at radius 1 is 0.984 bits per heavy atom. The van der Waals surface area contributed by atoms with E-state index < -0.39 is 83.8 Å². The summed E-state index contributed by atoms with van der Waals surface area (Å²) < 4.78 is 31.3. The van der Waals surface area contributed by atoms with Crippen molar-refractivity contribution in [3.8, 4) is 0 Å². The Balaban J connectivity index is 0.941. The van der Waals surface area contributed by atoms with Crippen molar-refractivity contribution < 1.29 is 52.8 Å². The first kappa shape index (κ1) is 40.9. The zero-order chi connectivity index (χ0) is 42.3. The summed E-state index contributed by atoms with van der Waals surface area (Å²) in [6, 6.07) is 13.4. The number of rotatable bonds is 11. The number of benzene rings is 2. The Morgan fingerprint density at radius 3 is 2.49 bits per heavy atom. The summed E-state index contributed by atoms with van der Waals surface area (Å²) in [5.41, 5.74) is 2.05. The van der Waals surface area contributed by atoms with Crippen molar-refractivity contribution in [2.24, 2.45) is 11.3 Å². The average Bonchev–Trinajstić information content (AvgIpc) is 3.55. The lowest BCUT2D eigenvalue weighted by molar-refractivity contribution is -0.218. The molecule has 3 aliphatic carbocycles. The summed E-state index contributed by atoms with van der Waals surface area (Å²) in [6.45, 7) is 5.45. The lowest BCUT2D eigenvalue weighted by Crippen LogP contribution is -2.70. The van der Waals surface area contributed by atoms with Gasteiger partial charge in [0.1, 0.15) is 41.5 Å². The molecular formula is C47H57N3O11. The van der Waals surface area contributed by atoms with Crippen LogP contribution in [0.25, 0.3) is 6.08 Å². The number of amides is 2. The maximum Gasteiger partial charge on any atom is 0.327 e. The smallest absolute Gasteiger partial charge is 0.327 e. The number of nitrogens with one attached hydrogen (secondary N) is 1. The highest BCUT2D eigenvalue weighted by Crippen LogP contribution is 2.59. The van der Waals surface area contributed by atoms with Gasteiger partial charge in [-0.15, -0.1) is 0 Å². The Kier molecular flexibility index (Phi) is 10.4. The highest BCUT2D eigenvalue weighted by molar-refractivity contribution is 5.96. The minimum atomic E-state index is -1.45. The minimum Gasteiger partial charge on any atom is -0.460 e. The summed E-state index contributed by atoms with van der Waals surface area (Å²) in [6.07, 6.45) is 7.56. The predicted octanol–water partition coefficient (Wildman–Crippen LogP) is 3.94. The monoisotopic (exact) mass is 839 g/mol. The van der Waals surface area contributed by atoms with E-state index >= 15 is 4.79 Å². The molecule has 5 saturated heterocycles. The predicted molar refractivity (Wildman–Crippen MR) is 218 cm³/mol. The van der Waals surface area contributed by atoms with Gasteiger partial charge in [-0.1, -0.05) is 60.7 Å². The fourth-order valence-electron chi connectivity index (χ4n) is 11.3. The van der Waals surface area contributed by atoms with Crippen molar-refractivity contribution in [1.82, 2.24) is 15.3 Å². The number of hydrogen-bond donors (Lipinski definition) is 2. The van der Waals surface area contributed by atoms with E-state index in [4.69, 9.17) is 28.5 Å². The van der Waals surface area contributed by atoms with Crippen molar-refractivity contribution in [3.63, 3.8) is 0 Å². The lowest BCUT2D eigenvalue weighted by atomic mass is 9.62. The molecule has 5 aliphatic heterocycles. The molecule has 2 aromatic rings. The van der Waals surface area contributed by atoms with Crippen LogP contribution in [0.15, 0.2) is 54.6 Å². The normalized spacial score (nSPS) is 34.8. The molecule has 326 valence electrons. The van der Waals surface area contributed by atoms with Crippen LogP contribution in [0.4, 0.5) is 0 Å². The summed E-state index contributed by atoms with van der Waals surface area (Å²) in [5.74, 6) is -2.37. The number of hydroxylamine groups is 2. The Bertz CT molecular complexity index is 2080. The fraction of sp³-hybridized carbons (Fsp3) is 0.617. The van der Waals surface area contributed by atoms with Crippen molar-refractivity contribution in [1.29, 1.82) is 0 Å². The number of fused-ring (bicyclic) bond motifs is 6. The lowest BCUT2D eigenvalue weighted by Gasteiger charge is -2.50. The molecule has 11 unspecified atom stereocenters. The number of aliphatic hydroxyl groups is 1. The van der Waals surface area contributed by atoms with Crippen molar-refractivity contribution in [3.05, 3.63) is 76.9 Å². The van der Waals surface area contributed by atoms with Gasteiger partial charge in [-0.2, -0.15) is 5.06 Å². The molecule has 7 fully saturated rings. The van der Waals surface area contributed by atoms with Gasteiger partial charge in [-0.25, -0.2) is 0 Å². The van der Waals surface area contributed by atoms with E-state index in [-0.39, 0.29) is 31.7 Å². The van der Waals surface area contributed by atoms with Crippen LogP contribution >= 0.6 is 0 Å². The molecule has 8 aliphatic rings. The number of hydrogen-bond acceptors (Lipinski definition) is 12. The molecule has 0 aromatic heterocycles. The van der Waals surface area contributed by atoms with E-state index in [1.807, 2.05) is 30.3 Å². The van der Waals surface area contributed by atoms with Gasteiger partial charge in [-0.3, -0.25) is 24.0 Å². The minimum absolute atomic E-state index is 0.00573. The van der Waals surface area contributed by atoms with E-state index in [1.165, 1.54) is 0 Å². The number of carbonyl (C=O) groups is 4. The topological polar surface area (TPSA) is 166 Å². The van der Waals surface area contributed by atoms with Gasteiger partial charge < -0.3 is 39.0 Å². The summed E-state index contributed by atoms with van der Waals surface area (Å²) in [4.78, 5) is 65.2. The van der Waals surface area contributed by atoms with Crippen LogP contribution in [-0.4, -0.2) is 118 Å². The summed E-state index contributed by atoms with van der Waals surface area (Å²) in [7, 11) is 0. The fourth-order valence-corrected chi connectivity index (χ4v) is 11.3. The van der Waals surface area contributed by atoms with Gasteiger partial charge in [-0.05, 0) is 87.5 Å². The van der Waals surface area contributed by atoms with Gasteiger partial charge in [0, 0.05) is 32.2 Å². The molecule has 1 spiro atoms. The Labute approximate surface area is 356 Å². The second-order valence-corrected chi connectivity index (χ2v) is 19.4. The van der Waals surface area contributed by atoms with Crippen LogP contribution in [-0.2, 0) is 67.1 Å². The number of aliphatic hydroxyl groups excluding tert-OH is 1. The van der Waals surface area contributed by atoms with E-state index in [0.717, 1.165) is 41.5 Å². The van der Waals surface area contributed by atoms with Crippen LogP contribution in [0.3, 0.4) is 0 Å². The van der Waals surface area contributed by atoms with E-state index in [1.54, 1.807) is 30.7 Å². The summed E-state index contributed by atoms with van der Waals surface area (Å²) in [5, 5.41) is 14.7. The zero-order valence-electron chi connectivity index (χ0n) is 35.2. The number of esters is 2. The number of carbonyl (C=O) groups excluding carboxylic acids is 4. The number of ether oxygens (including phenoxy) is 5. The summed E-state index contributed by atoms with van der Waals surface area (Å²) >= 11 is 0. The van der Waals surface area contributed by atoms with E-state index in [2.05, 4.69) is 35.7 Å². The number of nitrogens with zero attached hydrogens (tertiary/aromatic N) is 2. The Morgan fingerprint density at radius 2 is 1.74 bits per heavy atom. The van der Waals surface area contributed by atoms with Crippen LogP contribution < -0.4 is 5.32 Å². The maximum atomic E-state index is 15.6. The van der Waals surface area contributed by atoms with Crippen LogP contribution in [0.5, 0.6) is 0 Å². The van der Waals surface area contributed by atoms with Crippen molar-refractivity contribution >= 4 is 29.8 Å². The molecule has 2 N–H and O–H groups in total. The molecular weight excluding hydrogens is 783 g/mol. The maximum absolute atomic E-state index is 15.6. The molecule has 2 amide bonds. The van der Waals surface area contributed by atoms with Crippen molar-refractivity contribution in [2.75, 3.05) is 13.2 Å². The molecule has 0 radical (unpaired) electrons. The third-order valence-corrected chi connectivity index (χ3v) is 14.2. The molecule has 2 bridgehead atoms. The number of likely N-dealkylation sites (tertiary alicyclic amines) is 1. The first-order chi connectivity index (χ1) is 29.3. The van der Waals surface area contributed by atoms with E-state index in [9.17, 15) is 19.5 Å². The first-order valence-corrected chi connectivity index (χ1v) is 22.3. The van der Waals surface area contributed by atoms with Crippen LogP contribution in [0.2, 0.25) is 0 Å². The molecule has 5 heterocycles. The van der Waals surface area contributed by atoms with E-state index in [0.29, 0.717) is 50.4 Å². The Hall–Kier alpha value is -4.18. The molecule has 14 nitrogen and oxygen atoms in total. The molecule has 2 saturated carbocycles. The van der Waals surface area contributed by atoms with Crippen molar-refractivity contribution in [2.45, 2.75) is 158 Å². The first-order valence-electron chi connectivity index (χ1n) is 22.3. The van der Waals surface area contributed by atoms with Gasteiger partial charge >= 0.3 is 11.9 Å². The molecule has 61 heavy (non-hydrogen) atoms. The number of allylic oxidation sites excluding steroid dienone is 1. The molecule has 11 atom stereocenters. The third kappa shape index (κ3) is 7.50. The van der Waals surface area contributed by atoms with Gasteiger partial charge in [0.2, 0.25) is 11.8 Å². The second kappa shape index (κ2) is 15.6. The number of epoxide rings is 1. The third-order valence-electron chi connectivity index (χ3n) is 14.2. The van der Waals surface area contributed by atoms with Crippen LogP contribution in [0, 0.1) is 11.3 Å². The molecule has 2 aromatic carbocycles. The van der Waals surface area contributed by atoms with Gasteiger partial charge in [0.15, 0.2) is 11.8 Å². The quantitative estimate of drug-likeness (QED) is 0.248. The standard InChI is InChI=1S/C47H57N3O11/c1-45(2,3)58-37(52)19-17-32(26-51)48-42(53)33-13-8-20-49(33)44(55)47-24-36-38-39(60-46(59-38)22-29-10-5-6-11-30(29)23-46)41(47)61-50(40(47)43(54)57-36)25-31-12-7-4-9-28(31)16-14-27-15-18-34-35(21-27)56-34/h4-7,9-12,14,16,27,32-36,38-41,51H,8,13,15,17-26H2,1-3H3,(H,48,53). The van der Waals surface area contributed by atoms with Crippen LogP contribution in [0.1, 0.15) is 94.4 Å². The largest absolute Gasteiger partial charge is 0.460 e. The van der Waals surface area contributed by atoms with Gasteiger partial charge in [0.05, 0.1) is 31.4 Å². The highest BCUT2D eigenvalue weighted by atomic mass is 16.8. The zero-order valence-corrected chi connectivity index (χ0v) is 35.2. The highest BCUT2D eigenvalue weighted by Gasteiger charge is 2.77. The van der Waals surface area contributed by atoms with Gasteiger partial charge in [0.25, 0.3) is 0 Å². The second-order valence-electron chi connectivity index (χ2n) is 19.4.